The number of amides is 2. The van der Waals surface area contributed by atoms with E-state index < -0.39 is 24.7 Å². The second kappa shape index (κ2) is 15.4. The Morgan fingerprint density at radius 3 is 2.51 bits per heavy atom. The highest BCUT2D eigenvalue weighted by Crippen LogP contribution is 2.38. The second-order valence-electron chi connectivity index (χ2n) is 13.1. The lowest BCUT2D eigenvalue weighted by molar-refractivity contribution is -0.141. The number of benzene rings is 2. The number of fused-ring (bicyclic) bond motifs is 1. The molecular weight excluding hydrogens is 601 g/mol. The Hall–Kier alpha value is -3.80. The summed E-state index contributed by atoms with van der Waals surface area (Å²) in [6.07, 6.45) is 4.18. The van der Waals surface area contributed by atoms with Crippen LogP contribution in [0.1, 0.15) is 60.5 Å². The summed E-state index contributed by atoms with van der Waals surface area (Å²) in [6.45, 7) is 4.41. The monoisotopic (exact) mass is 647 g/mol. The van der Waals surface area contributed by atoms with Gasteiger partial charge in [-0.15, -0.1) is 0 Å². The number of nitrogens with two attached hydrogens (primary N) is 1. The van der Waals surface area contributed by atoms with Crippen LogP contribution >= 0.6 is 0 Å². The van der Waals surface area contributed by atoms with E-state index in [-0.39, 0.29) is 29.6 Å². The first-order valence-electron chi connectivity index (χ1n) is 17.0. The third-order valence-corrected chi connectivity index (χ3v) is 10.1. The molecule has 2 aromatic carbocycles. The molecule has 10 nitrogen and oxygen atoms in total. The molecule has 6 rings (SSSR count). The Kier molecular flexibility index (Phi) is 10.9. The van der Waals surface area contributed by atoms with Gasteiger partial charge in [0, 0.05) is 60.6 Å². The number of alkyl halides is 1. The average molecular weight is 648 g/mol. The SMILES string of the molecule is N[C@H](CF)C1CCC(C(=O)N2CC[C@H](c3ccccc3)[C@H]2C(=O)Nc2ccc3[nH]c(C(=O)OCCCN4CCOCC4)cc3c2)CC1. The van der Waals surface area contributed by atoms with E-state index in [1.54, 1.807) is 17.0 Å². The van der Waals surface area contributed by atoms with E-state index in [2.05, 4.69) is 15.2 Å². The minimum absolute atomic E-state index is 0.00923. The van der Waals surface area contributed by atoms with Crippen LogP contribution in [0.15, 0.2) is 54.6 Å². The van der Waals surface area contributed by atoms with Crippen molar-refractivity contribution in [2.75, 3.05) is 58.0 Å². The van der Waals surface area contributed by atoms with Crippen LogP contribution in [0.4, 0.5) is 10.1 Å². The van der Waals surface area contributed by atoms with E-state index >= 15 is 0 Å². The van der Waals surface area contributed by atoms with Gasteiger partial charge in [0.25, 0.3) is 0 Å². The molecule has 2 amide bonds. The van der Waals surface area contributed by atoms with Gasteiger partial charge in [0.05, 0.1) is 19.8 Å². The fourth-order valence-corrected chi connectivity index (χ4v) is 7.46. The maximum absolute atomic E-state index is 14.0. The third-order valence-electron chi connectivity index (χ3n) is 10.1. The largest absolute Gasteiger partial charge is 0.461 e. The molecule has 3 atom stereocenters. The standard InChI is InChI=1S/C36H46FN5O5/c37-23-30(38)25-7-9-26(10-8-25)35(44)42-15-13-29(24-5-2-1-3-6-24)33(42)34(43)39-28-11-12-31-27(21-28)22-32(40-31)36(45)47-18-4-14-41-16-19-46-20-17-41/h1-3,5-6,11-12,21-22,25-26,29-30,33,40H,4,7-10,13-20,23,38H2,(H,39,43)/t25?,26?,29-,30-,33+/m1/s1. The van der Waals surface area contributed by atoms with Gasteiger partial charge >= 0.3 is 5.97 Å². The fourth-order valence-electron chi connectivity index (χ4n) is 7.46. The van der Waals surface area contributed by atoms with Gasteiger partial charge in [0.1, 0.15) is 18.4 Å². The van der Waals surface area contributed by atoms with Crippen molar-refractivity contribution in [2.45, 2.75) is 56.5 Å². The molecule has 0 bridgehead atoms. The molecule has 4 N–H and O–H groups in total. The first-order valence-corrected chi connectivity index (χ1v) is 17.0. The molecule has 0 spiro atoms. The Bertz CT molecular complexity index is 1520. The number of esters is 1. The number of aromatic nitrogens is 1. The van der Waals surface area contributed by atoms with Crippen LogP contribution in [0.5, 0.6) is 0 Å². The molecule has 1 aromatic heterocycles. The maximum Gasteiger partial charge on any atom is 0.354 e. The molecule has 3 fully saturated rings. The van der Waals surface area contributed by atoms with Crippen LogP contribution < -0.4 is 11.1 Å². The normalized spacial score (nSPS) is 24.3. The zero-order chi connectivity index (χ0) is 32.8. The van der Waals surface area contributed by atoms with Crippen LogP contribution in [0.2, 0.25) is 0 Å². The van der Waals surface area contributed by atoms with Gasteiger partial charge in [-0.05, 0) is 74.3 Å². The topological polar surface area (TPSA) is 130 Å². The first kappa shape index (κ1) is 33.1. The molecule has 0 radical (unpaired) electrons. The zero-order valence-corrected chi connectivity index (χ0v) is 26.9. The summed E-state index contributed by atoms with van der Waals surface area (Å²) in [5.41, 5.74) is 8.67. The van der Waals surface area contributed by atoms with E-state index in [0.717, 1.165) is 68.6 Å². The van der Waals surface area contributed by atoms with E-state index in [1.807, 2.05) is 42.5 Å². The number of aromatic amines is 1. The summed E-state index contributed by atoms with van der Waals surface area (Å²) in [5, 5.41) is 3.84. The Labute approximate surface area is 275 Å². The van der Waals surface area contributed by atoms with Gasteiger partial charge in [-0.3, -0.25) is 14.5 Å². The van der Waals surface area contributed by atoms with Crippen LogP contribution in [0, 0.1) is 11.8 Å². The Morgan fingerprint density at radius 1 is 1.00 bits per heavy atom. The lowest BCUT2D eigenvalue weighted by atomic mass is 9.78. The van der Waals surface area contributed by atoms with Crippen molar-refractivity contribution < 1.29 is 28.2 Å². The predicted octanol–water partition coefficient (Wildman–Crippen LogP) is 4.47. The summed E-state index contributed by atoms with van der Waals surface area (Å²) >= 11 is 0. The van der Waals surface area contributed by atoms with Gasteiger partial charge in [-0.2, -0.15) is 0 Å². The summed E-state index contributed by atoms with van der Waals surface area (Å²) in [7, 11) is 0. The molecule has 11 heteroatoms. The van der Waals surface area contributed by atoms with Crippen LogP contribution in [-0.4, -0.2) is 97.3 Å². The Balaban J connectivity index is 1.11. The van der Waals surface area contributed by atoms with Crippen molar-refractivity contribution in [3.63, 3.8) is 0 Å². The van der Waals surface area contributed by atoms with E-state index in [9.17, 15) is 18.8 Å². The van der Waals surface area contributed by atoms with Crippen molar-refractivity contribution in [1.82, 2.24) is 14.8 Å². The van der Waals surface area contributed by atoms with Crippen molar-refractivity contribution >= 4 is 34.4 Å². The maximum atomic E-state index is 14.0. The number of carbonyl (C=O) groups excluding carboxylic acids is 3. The van der Waals surface area contributed by atoms with Crippen molar-refractivity contribution in [1.29, 1.82) is 0 Å². The number of hydrogen-bond donors (Lipinski definition) is 3. The molecule has 252 valence electrons. The summed E-state index contributed by atoms with van der Waals surface area (Å²) in [6, 6.07) is 15.9. The van der Waals surface area contributed by atoms with Gasteiger partial charge in [-0.25, -0.2) is 9.18 Å². The van der Waals surface area contributed by atoms with Crippen LogP contribution in [-0.2, 0) is 19.1 Å². The van der Waals surface area contributed by atoms with E-state index in [1.165, 1.54) is 0 Å². The summed E-state index contributed by atoms with van der Waals surface area (Å²) < 4.78 is 24.0. The summed E-state index contributed by atoms with van der Waals surface area (Å²) in [4.78, 5) is 47.9. The number of rotatable bonds is 11. The van der Waals surface area contributed by atoms with Gasteiger partial charge < -0.3 is 30.4 Å². The number of H-pyrrole nitrogens is 1. The number of halogens is 1. The lowest BCUT2D eigenvalue weighted by Crippen LogP contribution is -2.48. The van der Waals surface area contributed by atoms with Crippen molar-refractivity contribution in [2.24, 2.45) is 17.6 Å². The van der Waals surface area contributed by atoms with E-state index in [4.69, 9.17) is 15.2 Å². The smallest absolute Gasteiger partial charge is 0.354 e. The van der Waals surface area contributed by atoms with Gasteiger partial charge in [0.15, 0.2) is 0 Å². The Morgan fingerprint density at radius 2 is 1.77 bits per heavy atom. The number of likely N-dealkylation sites (tertiary alicyclic amines) is 1. The molecule has 47 heavy (non-hydrogen) atoms. The minimum Gasteiger partial charge on any atom is -0.461 e. The quantitative estimate of drug-likeness (QED) is 0.207. The van der Waals surface area contributed by atoms with Gasteiger partial charge in [0.2, 0.25) is 11.8 Å². The number of carbonyl (C=O) groups is 3. The molecule has 0 unspecified atom stereocenters. The molecule has 3 heterocycles. The number of morpholine rings is 1. The van der Waals surface area contributed by atoms with Crippen LogP contribution in [0.3, 0.4) is 0 Å². The summed E-state index contributed by atoms with van der Waals surface area (Å²) in [5.74, 6) is -0.920. The lowest BCUT2D eigenvalue weighted by Gasteiger charge is -2.35. The molecular formula is C36H46FN5O5. The number of nitrogens with zero attached hydrogens (tertiary/aromatic N) is 2. The highest BCUT2D eigenvalue weighted by molar-refractivity contribution is 6.01. The third kappa shape index (κ3) is 7.85. The molecule has 2 aliphatic heterocycles. The predicted molar refractivity (Wildman–Crippen MR) is 178 cm³/mol. The van der Waals surface area contributed by atoms with Crippen molar-refractivity contribution in [3.05, 3.63) is 65.9 Å². The zero-order valence-electron chi connectivity index (χ0n) is 26.9. The number of nitrogens with one attached hydrogen (secondary N) is 2. The molecule has 3 aliphatic rings. The molecule has 1 aliphatic carbocycles. The number of hydrogen-bond acceptors (Lipinski definition) is 7. The second-order valence-corrected chi connectivity index (χ2v) is 13.1. The first-order chi connectivity index (χ1) is 22.9. The molecule has 2 saturated heterocycles. The number of anilines is 1. The fraction of sp³-hybridized carbons (Fsp3) is 0.528. The van der Waals surface area contributed by atoms with E-state index in [0.29, 0.717) is 43.8 Å². The minimum atomic E-state index is -0.666. The highest BCUT2D eigenvalue weighted by Gasteiger charge is 2.44. The van der Waals surface area contributed by atoms with Gasteiger partial charge in [-0.1, -0.05) is 30.3 Å². The number of ether oxygens (including phenoxy) is 2. The average Bonchev–Trinajstić information content (AvgIpc) is 3.75. The molecule has 1 saturated carbocycles. The molecule has 3 aromatic rings. The van der Waals surface area contributed by atoms with Crippen molar-refractivity contribution in [3.8, 4) is 0 Å². The van der Waals surface area contributed by atoms with Crippen LogP contribution in [0.25, 0.3) is 10.9 Å². The highest BCUT2D eigenvalue weighted by atomic mass is 19.1.